The molecule has 0 saturated heterocycles. The second kappa shape index (κ2) is 35.0. The lowest BCUT2D eigenvalue weighted by Crippen LogP contribution is -2.50. The van der Waals surface area contributed by atoms with E-state index in [2.05, 4.69) is 31.3 Å². The molecule has 0 aliphatic rings. The van der Waals surface area contributed by atoms with Gasteiger partial charge < -0.3 is 20.6 Å². The van der Waals surface area contributed by atoms with Gasteiger partial charge in [-0.3, -0.25) is 4.79 Å². The molecular formula is C39H77NO4. The maximum absolute atomic E-state index is 12.4. The highest BCUT2D eigenvalue weighted by Crippen LogP contribution is 2.15. The Morgan fingerprint density at radius 3 is 1.32 bits per heavy atom. The molecule has 4 N–H and O–H groups in total. The van der Waals surface area contributed by atoms with Crippen LogP contribution in [0, 0.1) is 0 Å². The molecule has 3 atom stereocenters. The Kier molecular flexibility index (Phi) is 34.2. The monoisotopic (exact) mass is 624 g/mol. The third-order valence-corrected chi connectivity index (χ3v) is 9.12. The number of aliphatic hydroxyl groups excluding tert-OH is 3. The lowest BCUT2D eigenvalue weighted by molar-refractivity contribution is -0.124. The summed E-state index contributed by atoms with van der Waals surface area (Å²) in [5, 5.41) is 33.3. The van der Waals surface area contributed by atoms with Gasteiger partial charge in [0, 0.05) is 6.42 Å². The first kappa shape index (κ1) is 43.1. The van der Waals surface area contributed by atoms with E-state index in [9.17, 15) is 20.1 Å². The zero-order chi connectivity index (χ0) is 32.4. The highest BCUT2D eigenvalue weighted by molar-refractivity contribution is 5.76. The Morgan fingerprint density at radius 2 is 0.909 bits per heavy atom. The lowest BCUT2D eigenvalue weighted by atomic mass is 10.0. The first-order chi connectivity index (χ1) is 21.6. The van der Waals surface area contributed by atoms with Gasteiger partial charge >= 0.3 is 0 Å². The Balaban J connectivity index is 3.66. The van der Waals surface area contributed by atoms with Gasteiger partial charge in [-0.05, 0) is 38.5 Å². The Morgan fingerprint density at radius 1 is 0.545 bits per heavy atom. The largest absolute Gasteiger partial charge is 0.394 e. The minimum atomic E-state index is -1.15. The van der Waals surface area contributed by atoms with E-state index < -0.39 is 18.2 Å². The van der Waals surface area contributed by atoms with Crippen molar-refractivity contribution >= 4 is 5.91 Å². The van der Waals surface area contributed by atoms with Crippen LogP contribution in [0.3, 0.4) is 0 Å². The van der Waals surface area contributed by atoms with Gasteiger partial charge in [0.25, 0.3) is 0 Å². The molecule has 0 aliphatic heterocycles. The average Bonchev–Trinajstić information content (AvgIpc) is 3.03. The number of hydrogen-bond donors (Lipinski definition) is 4. The van der Waals surface area contributed by atoms with E-state index in [0.717, 1.165) is 38.5 Å². The van der Waals surface area contributed by atoms with Crippen molar-refractivity contribution in [1.82, 2.24) is 5.32 Å². The summed E-state index contributed by atoms with van der Waals surface area (Å²) in [5.41, 5.74) is 0. The molecule has 5 heteroatoms. The van der Waals surface area contributed by atoms with Crippen LogP contribution in [0.5, 0.6) is 0 Å². The van der Waals surface area contributed by atoms with Crippen molar-refractivity contribution in [2.75, 3.05) is 6.61 Å². The molecule has 5 nitrogen and oxygen atoms in total. The van der Waals surface area contributed by atoms with Gasteiger partial charge in [-0.2, -0.15) is 0 Å². The van der Waals surface area contributed by atoms with E-state index in [4.69, 9.17) is 0 Å². The molecule has 0 saturated carbocycles. The summed E-state index contributed by atoms with van der Waals surface area (Å²) in [6.07, 6.45) is 38.8. The SMILES string of the molecule is CCCCCCCCC/C=C/CCCC(O)C(O)C(CO)NC(=O)CCCCCCCCCCCCCCCCCCCC. The molecule has 262 valence electrons. The van der Waals surface area contributed by atoms with E-state index >= 15 is 0 Å². The van der Waals surface area contributed by atoms with Crippen molar-refractivity contribution in [2.24, 2.45) is 0 Å². The van der Waals surface area contributed by atoms with E-state index in [1.54, 1.807) is 0 Å². The van der Waals surface area contributed by atoms with Gasteiger partial charge in [-0.15, -0.1) is 0 Å². The molecule has 0 fully saturated rings. The first-order valence-electron chi connectivity index (χ1n) is 19.5. The summed E-state index contributed by atoms with van der Waals surface area (Å²) < 4.78 is 0. The molecule has 0 aromatic carbocycles. The highest BCUT2D eigenvalue weighted by atomic mass is 16.3. The number of hydrogen-bond acceptors (Lipinski definition) is 4. The van der Waals surface area contributed by atoms with Crippen LogP contribution in [0.25, 0.3) is 0 Å². The third-order valence-electron chi connectivity index (χ3n) is 9.12. The number of rotatable bonds is 35. The normalized spacial score (nSPS) is 13.8. The molecular weight excluding hydrogens is 546 g/mol. The molecule has 0 radical (unpaired) electrons. The molecule has 0 rings (SSSR count). The van der Waals surface area contributed by atoms with E-state index in [1.807, 2.05) is 0 Å². The molecule has 0 aromatic rings. The minimum Gasteiger partial charge on any atom is -0.394 e. The minimum absolute atomic E-state index is 0.153. The number of carbonyl (C=O) groups is 1. The van der Waals surface area contributed by atoms with E-state index in [1.165, 1.54) is 141 Å². The molecule has 44 heavy (non-hydrogen) atoms. The summed E-state index contributed by atoms with van der Waals surface area (Å²) in [6.45, 7) is 4.15. The van der Waals surface area contributed by atoms with Gasteiger partial charge in [0.05, 0.1) is 18.8 Å². The van der Waals surface area contributed by atoms with Gasteiger partial charge in [0.1, 0.15) is 6.10 Å². The topological polar surface area (TPSA) is 89.8 Å². The second-order valence-corrected chi connectivity index (χ2v) is 13.5. The molecule has 0 spiro atoms. The average molecular weight is 624 g/mol. The molecule has 0 heterocycles. The van der Waals surface area contributed by atoms with Crippen molar-refractivity contribution in [2.45, 2.75) is 225 Å². The van der Waals surface area contributed by atoms with E-state index in [0.29, 0.717) is 12.8 Å². The highest BCUT2D eigenvalue weighted by Gasteiger charge is 2.26. The maximum Gasteiger partial charge on any atom is 0.220 e. The van der Waals surface area contributed by atoms with Crippen molar-refractivity contribution in [3.8, 4) is 0 Å². The number of amides is 1. The van der Waals surface area contributed by atoms with E-state index in [-0.39, 0.29) is 12.5 Å². The van der Waals surface area contributed by atoms with Crippen molar-refractivity contribution < 1.29 is 20.1 Å². The predicted molar refractivity (Wildman–Crippen MR) is 190 cm³/mol. The number of unbranched alkanes of at least 4 members (excludes halogenated alkanes) is 25. The number of aliphatic hydroxyl groups is 3. The molecule has 0 aromatic heterocycles. The van der Waals surface area contributed by atoms with Crippen molar-refractivity contribution in [3.63, 3.8) is 0 Å². The van der Waals surface area contributed by atoms with Crippen LogP contribution in [0.2, 0.25) is 0 Å². The maximum atomic E-state index is 12.4. The van der Waals surface area contributed by atoms with Gasteiger partial charge in [-0.25, -0.2) is 0 Å². The Bertz CT molecular complexity index is 611. The van der Waals surface area contributed by atoms with Gasteiger partial charge in [0.15, 0.2) is 0 Å². The number of carbonyl (C=O) groups excluding carboxylic acids is 1. The predicted octanol–water partition coefficient (Wildman–Crippen LogP) is 10.5. The number of nitrogens with one attached hydrogen (secondary N) is 1. The zero-order valence-electron chi connectivity index (χ0n) is 29.6. The summed E-state index contributed by atoms with van der Waals surface area (Å²) in [4.78, 5) is 12.4. The van der Waals surface area contributed by atoms with Crippen LogP contribution in [-0.2, 0) is 4.79 Å². The fourth-order valence-corrected chi connectivity index (χ4v) is 6.04. The van der Waals surface area contributed by atoms with Crippen LogP contribution in [0.15, 0.2) is 12.2 Å². The summed E-state index contributed by atoms with van der Waals surface area (Å²) in [6, 6.07) is -0.819. The quantitative estimate of drug-likeness (QED) is 0.0418. The van der Waals surface area contributed by atoms with Crippen LogP contribution in [0.4, 0.5) is 0 Å². The third kappa shape index (κ3) is 29.8. The van der Waals surface area contributed by atoms with Crippen molar-refractivity contribution in [3.05, 3.63) is 12.2 Å². The fourth-order valence-electron chi connectivity index (χ4n) is 6.04. The van der Waals surface area contributed by atoms with Crippen LogP contribution < -0.4 is 5.32 Å². The molecule has 1 amide bonds. The smallest absolute Gasteiger partial charge is 0.220 e. The fraction of sp³-hybridized carbons (Fsp3) is 0.923. The molecule has 0 aliphatic carbocycles. The second-order valence-electron chi connectivity index (χ2n) is 13.5. The number of allylic oxidation sites excluding steroid dienone is 2. The van der Waals surface area contributed by atoms with Crippen LogP contribution in [0.1, 0.15) is 206 Å². The zero-order valence-corrected chi connectivity index (χ0v) is 29.6. The lowest BCUT2D eigenvalue weighted by Gasteiger charge is -2.26. The molecule has 0 bridgehead atoms. The van der Waals surface area contributed by atoms with Crippen molar-refractivity contribution in [1.29, 1.82) is 0 Å². The summed E-state index contributed by atoms with van der Waals surface area (Å²) >= 11 is 0. The standard InChI is InChI=1S/C39H77NO4/c1-3-5-7-9-11-13-15-17-18-19-20-21-22-24-26-28-30-32-34-38(43)40-36(35-41)39(44)37(42)33-31-29-27-25-23-16-14-12-10-8-6-4-2/h25,27,36-37,39,41-42,44H,3-24,26,28-35H2,1-2H3,(H,40,43)/b27-25+. The van der Waals surface area contributed by atoms with Gasteiger partial charge in [0.2, 0.25) is 5.91 Å². The van der Waals surface area contributed by atoms with Crippen LogP contribution >= 0.6 is 0 Å². The molecule has 3 unspecified atom stereocenters. The first-order valence-corrected chi connectivity index (χ1v) is 19.5. The summed E-state index contributed by atoms with van der Waals surface area (Å²) in [7, 11) is 0. The Labute approximate surface area is 274 Å². The van der Waals surface area contributed by atoms with Gasteiger partial charge in [-0.1, -0.05) is 174 Å². The Hall–Kier alpha value is -0.910. The summed E-state index contributed by atoms with van der Waals surface area (Å²) in [5.74, 6) is -0.153. The van der Waals surface area contributed by atoms with Crippen LogP contribution in [-0.4, -0.2) is 46.1 Å².